The summed E-state index contributed by atoms with van der Waals surface area (Å²) in [5.41, 5.74) is 0.783. The molecule has 0 aromatic heterocycles. The predicted octanol–water partition coefficient (Wildman–Crippen LogP) is 5.41. The van der Waals surface area contributed by atoms with E-state index in [4.69, 9.17) is 0 Å². The Labute approximate surface area is 217 Å². The molecule has 1 aromatic rings. The topological polar surface area (TPSA) is 47.6 Å². The van der Waals surface area contributed by atoms with Crippen LogP contribution in [-0.2, 0) is 49.9 Å². The van der Waals surface area contributed by atoms with Crippen LogP contribution in [0.4, 0.5) is 32.0 Å². The number of nitrogens with zero attached hydrogens (tertiary/aromatic N) is 2. The van der Waals surface area contributed by atoms with E-state index in [1.54, 1.807) is 4.90 Å². The average Bonchev–Trinajstić information content (AvgIpc) is 2.75. The Balaban J connectivity index is 0. The number of hydrogen-bond donors (Lipinski definition) is 2. The van der Waals surface area contributed by atoms with Crippen LogP contribution >= 0.6 is 0 Å². The monoisotopic (exact) mass is 560 g/mol. The summed E-state index contributed by atoms with van der Waals surface area (Å²) in [4.78, 5) is 15.9. The molecule has 1 aliphatic heterocycles. The van der Waals surface area contributed by atoms with Crippen LogP contribution in [0.2, 0.25) is 0 Å². The van der Waals surface area contributed by atoms with Gasteiger partial charge in [0.15, 0.2) is 0 Å². The molecule has 1 amide bonds. The summed E-state index contributed by atoms with van der Waals surface area (Å²) in [7, 11) is 0. The van der Waals surface area contributed by atoms with E-state index in [0.717, 1.165) is 26.1 Å². The number of piperazine rings is 1. The number of anilines is 1. The van der Waals surface area contributed by atoms with Gasteiger partial charge in [0.1, 0.15) is 5.91 Å². The van der Waals surface area contributed by atoms with E-state index in [0.29, 0.717) is 25.2 Å². The summed E-state index contributed by atoms with van der Waals surface area (Å²) in [5.74, 6) is -0.671. The van der Waals surface area contributed by atoms with Crippen molar-refractivity contribution in [3.05, 3.63) is 35.9 Å². The number of hydrogen-bond acceptors (Lipinski definition) is 4. The predicted molar refractivity (Wildman–Crippen MR) is 114 cm³/mol. The van der Waals surface area contributed by atoms with E-state index in [1.807, 2.05) is 27.7 Å². The fourth-order valence-corrected chi connectivity index (χ4v) is 2.79. The van der Waals surface area contributed by atoms with Gasteiger partial charge in [-0.1, -0.05) is 34.6 Å². The van der Waals surface area contributed by atoms with Gasteiger partial charge in [0.05, 0.1) is 16.8 Å². The van der Waals surface area contributed by atoms with Crippen LogP contribution in [0.25, 0.3) is 0 Å². The number of hydrazine groups is 1. The number of halogens is 6. The Morgan fingerprint density at radius 3 is 1.76 bits per heavy atom. The van der Waals surface area contributed by atoms with Gasteiger partial charge < -0.3 is 20.0 Å². The van der Waals surface area contributed by atoms with E-state index in [-0.39, 0.29) is 38.8 Å². The van der Waals surface area contributed by atoms with Crippen molar-refractivity contribution in [1.82, 2.24) is 15.2 Å². The number of carbonyl (C=O) groups is 1. The Bertz CT molecular complexity index is 645. The zero-order chi connectivity index (χ0) is 24.9. The average molecular weight is 560 g/mol. The van der Waals surface area contributed by atoms with Crippen LogP contribution in [0.15, 0.2) is 18.2 Å². The minimum Gasteiger partial charge on any atom is -0.430 e. The van der Waals surface area contributed by atoms with Gasteiger partial charge in [0, 0.05) is 45.8 Å². The molecule has 1 aromatic carbocycles. The third-order valence-electron chi connectivity index (χ3n) is 4.16. The number of alkyl halides is 6. The molecule has 12 heteroatoms. The van der Waals surface area contributed by atoms with Gasteiger partial charge in [0.25, 0.3) is 0 Å². The number of rotatable bonds is 6. The molecule has 0 saturated carbocycles. The van der Waals surface area contributed by atoms with Crippen LogP contribution in [-0.4, -0.2) is 48.4 Å². The molecule has 0 bridgehead atoms. The second-order valence-corrected chi connectivity index (χ2v) is 6.42. The molecule has 0 aliphatic carbocycles. The quantitative estimate of drug-likeness (QED) is 0.278. The third-order valence-corrected chi connectivity index (χ3v) is 4.16. The third kappa shape index (κ3) is 12.8. The van der Waals surface area contributed by atoms with Crippen molar-refractivity contribution in [3.63, 3.8) is 0 Å². The molecule has 1 fully saturated rings. The summed E-state index contributed by atoms with van der Waals surface area (Å²) in [5, 5.41) is 0. The summed E-state index contributed by atoms with van der Waals surface area (Å²) < 4.78 is 77.0. The molecule has 33 heavy (non-hydrogen) atoms. The molecule has 0 atom stereocenters. The molecule has 1 aliphatic rings. The second kappa shape index (κ2) is 16.6. The van der Waals surface area contributed by atoms with Crippen molar-refractivity contribution in [3.8, 4) is 0 Å². The van der Waals surface area contributed by atoms with Crippen molar-refractivity contribution in [1.29, 1.82) is 0 Å². The first-order chi connectivity index (χ1) is 15.0. The first kappa shape index (κ1) is 34.1. The van der Waals surface area contributed by atoms with Gasteiger partial charge in [-0.15, -0.1) is 0 Å². The smallest absolute Gasteiger partial charge is 0.416 e. The van der Waals surface area contributed by atoms with Gasteiger partial charge in [-0.2, -0.15) is 26.3 Å². The molecule has 1 radical (unpaired) electrons. The van der Waals surface area contributed by atoms with E-state index >= 15 is 0 Å². The molecule has 2 rings (SSSR count). The van der Waals surface area contributed by atoms with Crippen LogP contribution in [0.5, 0.6) is 0 Å². The normalized spacial score (nSPS) is 14.5. The summed E-state index contributed by atoms with van der Waals surface area (Å²) >= 11 is 0. The second-order valence-electron chi connectivity index (χ2n) is 6.42. The van der Waals surface area contributed by atoms with Gasteiger partial charge >= 0.3 is 12.4 Å². The van der Waals surface area contributed by atoms with E-state index in [1.165, 1.54) is 6.54 Å². The number of amides is 1. The molecular weight excluding hydrogens is 527 g/mol. The Morgan fingerprint density at radius 2 is 1.36 bits per heavy atom. The minimum atomic E-state index is -4.95. The first-order valence-corrected chi connectivity index (χ1v) is 10.7. The summed E-state index contributed by atoms with van der Waals surface area (Å²) in [6.45, 7) is 15.0. The van der Waals surface area contributed by atoms with Crippen molar-refractivity contribution in [2.75, 3.05) is 38.1 Å². The van der Waals surface area contributed by atoms with Gasteiger partial charge in [-0.05, 0) is 44.3 Å². The van der Waals surface area contributed by atoms with E-state index in [9.17, 15) is 31.1 Å². The summed E-state index contributed by atoms with van der Waals surface area (Å²) in [6.07, 6.45) is -8.89. The molecule has 2 N–H and O–H groups in total. The summed E-state index contributed by atoms with van der Waals surface area (Å²) in [6, 6.07) is 1.02. The maximum absolute atomic E-state index is 12.8. The molecule has 1 heterocycles. The molecule has 0 spiro atoms. The van der Waals surface area contributed by atoms with Crippen LogP contribution in [0.3, 0.4) is 0 Å². The van der Waals surface area contributed by atoms with Crippen molar-refractivity contribution in [2.45, 2.75) is 53.4 Å². The fraction of sp³-hybridized carbons (Fsp3) is 0.619. The zero-order valence-corrected chi connectivity index (χ0v) is 22.5. The first-order valence-electron chi connectivity index (χ1n) is 10.7. The van der Waals surface area contributed by atoms with Crippen molar-refractivity contribution >= 4 is 11.6 Å². The molecule has 1 saturated heterocycles. The Morgan fingerprint density at radius 1 is 0.909 bits per heavy atom. The molecular formula is C21H33F6N4OY-. The number of benzene rings is 1. The zero-order valence-electron chi connectivity index (χ0n) is 19.7. The van der Waals surface area contributed by atoms with E-state index < -0.39 is 35.1 Å². The standard InChI is InChI=1S/C17H21F6N4O.2C2H6.Y/c1-2-3-26-4-6-27(7-5-26)11-15(28)25-24-14-9-12(16(18,19)20)8-13(10-14)17(21,22)23;2*1-2;/h8-11,24H,2-7H2,1H3,(H,25,28);2*1-2H3;/q-1;;;. The van der Waals surface area contributed by atoms with Crippen LogP contribution in [0.1, 0.15) is 52.2 Å². The van der Waals surface area contributed by atoms with Crippen LogP contribution < -0.4 is 10.9 Å². The van der Waals surface area contributed by atoms with Gasteiger partial charge in [-0.25, -0.2) is 6.54 Å². The number of carbonyl (C=O) groups excluding carboxylic acids is 1. The maximum Gasteiger partial charge on any atom is 0.416 e. The largest absolute Gasteiger partial charge is 0.430 e. The molecule has 189 valence electrons. The van der Waals surface area contributed by atoms with Crippen molar-refractivity contribution in [2.24, 2.45) is 0 Å². The fourth-order valence-electron chi connectivity index (χ4n) is 2.79. The van der Waals surface area contributed by atoms with Crippen molar-refractivity contribution < 1.29 is 63.8 Å². The maximum atomic E-state index is 12.8. The van der Waals surface area contributed by atoms with E-state index in [2.05, 4.69) is 22.7 Å². The Hall–Kier alpha value is -1.04. The van der Waals surface area contributed by atoms with Crippen LogP contribution in [0, 0.1) is 6.54 Å². The molecule has 0 unspecified atom stereocenters. The number of nitrogens with one attached hydrogen (secondary N) is 2. The minimum absolute atomic E-state index is 0. The SMILES string of the molecule is CC.CC.CCCN1CCN([CH-]C(=O)NNc2cc(C(F)(F)F)cc(C(F)(F)F)c2)CC1.[Y]. The Kier molecular flexibility index (Phi) is 17.1. The van der Waals surface area contributed by atoms with Gasteiger partial charge in [0.2, 0.25) is 0 Å². The molecule has 5 nitrogen and oxygen atoms in total. The van der Waals surface area contributed by atoms with Gasteiger partial charge in [-0.3, -0.25) is 5.43 Å².